The van der Waals surface area contributed by atoms with E-state index in [0.717, 1.165) is 13.2 Å². The van der Waals surface area contributed by atoms with E-state index in [-0.39, 0.29) is 6.42 Å². The van der Waals surface area contributed by atoms with Crippen molar-refractivity contribution in [3.63, 3.8) is 0 Å². The van der Waals surface area contributed by atoms with Crippen LogP contribution in [0.25, 0.3) is 0 Å². The van der Waals surface area contributed by atoms with Crippen LogP contribution in [-0.2, 0) is 19.1 Å². The Morgan fingerprint density at radius 2 is 2.09 bits per heavy atom. The quantitative estimate of drug-likeness (QED) is 0.246. The number of hydrogen-bond acceptors (Lipinski definition) is 4. The molecule has 0 aliphatic heterocycles. The van der Waals surface area contributed by atoms with Crippen LogP contribution in [0.15, 0.2) is 12.2 Å². The lowest BCUT2D eigenvalue weighted by Gasteiger charge is -1.89. The Morgan fingerprint density at radius 1 is 1.45 bits per heavy atom. The normalized spacial score (nSPS) is 9.55. The topological polar surface area (TPSA) is 60.4 Å². The highest BCUT2D eigenvalue weighted by Crippen LogP contribution is 1.83. The highest BCUT2D eigenvalue weighted by Gasteiger charge is 2.07. The van der Waals surface area contributed by atoms with E-state index in [2.05, 4.69) is 4.74 Å². The number of carbonyl (C=O) groups excluding carboxylic acids is 3. The standard InChI is InChI=1S/C7H8O4/c1-11-7(10)6(9)4-2-3-5-8/h2,4-5H,3H2,1H3. The molecule has 0 aliphatic carbocycles. The molecule has 0 atom stereocenters. The van der Waals surface area contributed by atoms with E-state index in [1.54, 1.807) is 0 Å². The number of rotatable bonds is 4. The number of hydrogen-bond donors (Lipinski definition) is 0. The molecule has 0 aromatic heterocycles. The molecule has 0 bridgehead atoms. The molecule has 0 unspecified atom stereocenters. The molecule has 0 heterocycles. The fourth-order valence-electron chi connectivity index (χ4n) is 0.399. The van der Waals surface area contributed by atoms with Gasteiger partial charge in [0.1, 0.15) is 6.29 Å². The fraction of sp³-hybridized carbons (Fsp3) is 0.286. The first-order valence-corrected chi connectivity index (χ1v) is 2.94. The van der Waals surface area contributed by atoms with Gasteiger partial charge in [-0.15, -0.1) is 0 Å². The molecule has 0 aromatic rings. The Bertz CT molecular complexity index is 193. The molecular formula is C7H8O4. The first kappa shape index (κ1) is 9.55. The van der Waals surface area contributed by atoms with Crippen LogP contribution in [-0.4, -0.2) is 25.1 Å². The van der Waals surface area contributed by atoms with Gasteiger partial charge in [0.2, 0.25) is 0 Å². The van der Waals surface area contributed by atoms with E-state index in [1.165, 1.54) is 6.08 Å². The summed E-state index contributed by atoms with van der Waals surface area (Å²) in [6.07, 6.45) is 3.07. The van der Waals surface area contributed by atoms with E-state index >= 15 is 0 Å². The molecule has 0 amide bonds. The van der Waals surface area contributed by atoms with Gasteiger partial charge in [0, 0.05) is 6.42 Å². The summed E-state index contributed by atoms with van der Waals surface area (Å²) in [7, 11) is 1.12. The van der Waals surface area contributed by atoms with Crippen molar-refractivity contribution in [2.75, 3.05) is 7.11 Å². The van der Waals surface area contributed by atoms with Crippen molar-refractivity contribution in [2.45, 2.75) is 6.42 Å². The minimum atomic E-state index is -0.924. The summed E-state index contributed by atoms with van der Waals surface area (Å²) in [5.74, 6) is -1.68. The lowest BCUT2D eigenvalue weighted by atomic mass is 10.3. The molecule has 0 rings (SSSR count). The zero-order valence-electron chi connectivity index (χ0n) is 6.07. The predicted molar refractivity (Wildman–Crippen MR) is 36.8 cm³/mol. The summed E-state index contributed by atoms with van der Waals surface area (Å²) in [4.78, 5) is 30.7. The lowest BCUT2D eigenvalue weighted by molar-refractivity contribution is -0.149. The van der Waals surface area contributed by atoms with Crippen molar-refractivity contribution in [3.05, 3.63) is 12.2 Å². The molecule has 60 valence electrons. The van der Waals surface area contributed by atoms with Crippen molar-refractivity contribution in [1.29, 1.82) is 0 Å². The molecule has 0 fully saturated rings. The first-order valence-electron chi connectivity index (χ1n) is 2.94. The number of aldehydes is 1. The maximum Gasteiger partial charge on any atom is 0.378 e. The minimum Gasteiger partial charge on any atom is -0.463 e. The Labute approximate surface area is 63.8 Å². The number of esters is 1. The smallest absolute Gasteiger partial charge is 0.378 e. The van der Waals surface area contributed by atoms with E-state index in [9.17, 15) is 14.4 Å². The highest BCUT2D eigenvalue weighted by atomic mass is 16.5. The molecule has 4 nitrogen and oxygen atoms in total. The Balaban J connectivity index is 3.86. The maximum absolute atomic E-state index is 10.6. The van der Waals surface area contributed by atoms with Gasteiger partial charge in [-0.05, 0) is 6.08 Å². The third-order valence-electron chi connectivity index (χ3n) is 0.888. The molecule has 0 saturated heterocycles. The number of carbonyl (C=O) groups is 3. The molecule has 0 radical (unpaired) electrons. The fourth-order valence-corrected chi connectivity index (χ4v) is 0.399. The van der Waals surface area contributed by atoms with E-state index < -0.39 is 11.8 Å². The third kappa shape index (κ3) is 4.02. The molecule has 0 aliphatic rings. The Morgan fingerprint density at radius 3 is 2.55 bits per heavy atom. The van der Waals surface area contributed by atoms with Crippen LogP contribution >= 0.6 is 0 Å². The first-order chi connectivity index (χ1) is 5.22. The van der Waals surface area contributed by atoms with Gasteiger partial charge >= 0.3 is 5.97 Å². The molecular weight excluding hydrogens is 148 g/mol. The summed E-state index contributed by atoms with van der Waals surface area (Å²) in [5, 5.41) is 0. The number of allylic oxidation sites excluding steroid dienone is 1. The van der Waals surface area contributed by atoms with Gasteiger partial charge in [0.15, 0.2) is 0 Å². The van der Waals surface area contributed by atoms with Crippen molar-refractivity contribution in [2.24, 2.45) is 0 Å². The molecule has 0 spiro atoms. The van der Waals surface area contributed by atoms with Crippen LogP contribution in [0.3, 0.4) is 0 Å². The van der Waals surface area contributed by atoms with Gasteiger partial charge in [-0.2, -0.15) is 0 Å². The van der Waals surface area contributed by atoms with Gasteiger partial charge in [0.05, 0.1) is 7.11 Å². The molecule has 0 N–H and O–H groups in total. The van der Waals surface area contributed by atoms with E-state index in [1.807, 2.05) is 0 Å². The zero-order valence-corrected chi connectivity index (χ0v) is 6.07. The van der Waals surface area contributed by atoms with E-state index in [0.29, 0.717) is 6.29 Å². The third-order valence-corrected chi connectivity index (χ3v) is 0.888. The average molecular weight is 156 g/mol. The molecule has 4 heteroatoms. The SMILES string of the molecule is COC(=O)C(=O)C=CCC=O. The summed E-state index contributed by atoms with van der Waals surface area (Å²) in [6, 6.07) is 0. The lowest BCUT2D eigenvalue weighted by Crippen LogP contribution is -2.12. The van der Waals surface area contributed by atoms with Crippen LogP contribution in [0.4, 0.5) is 0 Å². The van der Waals surface area contributed by atoms with Gasteiger partial charge in [-0.25, -0.2) is 4.79 Å². The van der Waals surface area contributed by atoms with Gasteiger partial charge in [0.25, 0.3) is 5.78 Å². The average Bonchev–Trinajstić information content (AvgIpc) is 2.03. The maximum atomic E-state index is 10.6. The van der Waals surface area contributed by atoms with E-state index in [4.69, 9.17) is 0 Å². The minimum absolute atomic E-state index is 0.128. The second-order valence-electron chi connectivity index (χ2n) is 1.66. The van der Waals surface area contributed by atoms with Gasteiger partial charge in [-0.3, -0.25) is 4.79 Å². The van der Waals surface area contributed by atoms with Crippen LogP contribution in [0, 0.1) is 0 Å². The Hall–Kier alpha value is -1.45. The summed E-state index contributed by atoms with van der Waals surface area (Å²) in [6.45, 7) is 0. The summed E-state index contributed by atoms with van der Waals surface area (Å²) >= 11 is 0. The second kappa shape index (κ2) is 5.34. The van der Waals surface area contributed by atoms with Crippen LogP contribution < -0.4 is 0 Å². The monoisotopic (exact) mass is 156 g/mol. The summed E-state index contributed by atoms with van der Waals surface area (Å²) in [5.41, 5.74) is 0. The Kier molecular flexibility index (Phi) is 4.64. The molecule has 0 saturated carbocycles. The van der Waals surface area contributed by atoms with Crippen LogP contribution in [0.2, 0.25) is 0 Å². The number of ether oxygens (including phenoxy) is 1. The number of ketones is 1. The second-order valence-corrected chi connectivity index (χ2v) is 1.66. The van der Waals surface area contributed by atoms with Crippen LogP contribution in [0.5, 0.6) is 0 Å². The van der Waals surface area contributed by atoms with Crippen molar-refractivity contribution < 1.29 is 19.1 Å². The number of methoxy groups -OCH3 is 1. The summed E-state index contributed by atoms with van der Waals surface area (Å²) < 4.78 is 4.11. The van der Waals surface area contributed by atoms with Crippen molar-refractivity contribution in [1.82, 2.24) is 0 Å². The largest absolute Gasteiger partial charge is 0.463 e. The van der Waals surface area contributed by atoms with Crippen molar-refractivity contribution >= 4 is 18.0 Å². The highest BCUT2D eigenvalue weighted by molar-refractivity contribution is 6.38. The molecule has 0 aromatic carbocycles. The zero-order chi connectivity index (χ0) is 8.69. The predicted octanol–water partition coefficient (Wildman–Crippen LogP) is -0.126. The van der Waals surface area contributed by atoms with Crippen LogP contribution in [0.1, 0.15) is 6.42 Å². The molecule has 11 heavy (non-hydrogen) atoms. The van der Waals surface area contributed by atoms with Gasteiger partial charge < -0.3 is 9.53 Å². The van der Waals surface area contributed by atoms with Crippen molar-refractivity contribution in [3.8, 4) is 0 Å². The van der Waals surface area contributed by atoms with Gasteiger partial charge in [-0.1, -0.05) is 6.08 Å².